The number of methoxy groups -OCH3 is 2. The minimum absolute atomic E-state index is 0.662. The Morgan fingerprint density at radius 1 is 1.24 bits per heavy atom. The van der Waals surface area contributed by atoms with Crippen LogP contribution in [0.5, 0.6) is 0 Å². The number of hydrogen-bond acceptors (Lipinski definition) is 5. The van der Waals surface area contributed by atoms with Gasteiger partial charge in [0.2, 0.25) is 0 Å². The van der Waals surface area contributed by atoms with Crippen molar-refractivity contribution in [3.63, 3.8) is 0 Å². The lowest BCUT2D eigenvalue weighted by Crippen LogP contribution is -2.31. The van der Waals surface area contributed by atoms with Crippen LogP contribution in [0.25, 0.3) is 0 Å². The SMILES string of the molecule is COCCN(CCOC)c1cc(C)c(N)cn1. The van der Waals surface area contributed by atoms with Crippen molar-refractivity contribution < 1.29 is 9.47 Å². The number of ether oxygens (including phenoxy) is 2. The molecule has 1 heterocycles. The van der Waals surface area contributed by atoms with Crippen LogP contribution in [-0.2, 0) is 9.47 Å². The lowest BCUT2D eigenvalue weighted by molar-refractivity contribution is 0.190. The van der Waals surface area contributed by atoms with Crippen LogP contribution in [0.15, 0.2) is 12.3 Å². The molecular formula is C12H21N3O2. The van der Waals surface area contributed by atoms with Gasteiger partial charge in [-0.1, -0.05) is 0 Å². The van der Waals surface area contributed by atoms with E-state index in [1.165, 1.54) is 0 Å². The Hall–Kier alpha value is -1.33. The van der Waals surface area contributed by atoms with Gasteiger partial charge in [0.05, 0.1) is 25.1 Å². The first-order chi connectivity index (χ1) is 8.19. The van der Waals surface area contributed by atoms with E-state index in [1.807, 2.05) is 13.0 Å². The highest BCUT2D eigenvalue weighted by Gasteiger charge is 2.08. The second-order valence-corrected chi connectivity index (χ2v) is 3.87. The molecule has 0 saturated heterocycles. The van der Waals surface area contributed by atoms with Crippen molar-refractivity contribution in [2.75, 3.05) is 51.2 Å². The van der Waals surface area contributed by atoms with Gasteiger partial charge in [-0.2, -0.15) is 0 Å². The Balaban J connectivity index is 2.75. The normalized spacial score (nSPS) is 10.5. The van der Waals surface area contributed by atoms with Crippen molar-refractivity contribution in [3.8, 4) is 0 Å². The van der Waals surface area contributed by atoms with Crippen molar-refractivity contribution in [1.82, 2.24) is 4.98 Å². The van der Waals surface area contributed by atoms with Gasteiger partial charge in [-0.25, -0.2) is 4.98 Å². The molecule has 0 aromatic carbocycles. The molecule has 0 aliphatic carbocycles. The van der Waals surface area contributed by atoms with Gasteiger partial charge in [-0.15, -0.1) is 0 Å². The average molecular weight is 239 g/mol. The third-order valence-electron chi connectivity index (χ3n) is 2.59. The summed E-state index contributed by atoms with van der Waals surface area (Å²) in [5.74, 6) is 0.908. The maximum Gasteiger partial charge on any atom is 0.129 e. The first-order valence-electron chi connectivity index (χ1n) is 5.64. The van der Waals surface area contributed by atoms with Crippen LogP contribution in [0.1, 0.15) is 5.56 Å². The number of rotatable bonds is 7. The molecule has 0 radical (unpaired) electrons. The summed E-state index contributed by atoms with van der Waals surface area (Å²) in [6.45, 7) is 4.88. The fourth-order valence-electron chi connectivity index (χ4n) is 1.47. The number of aryl methyl sites for hydroxylation is 1. The van der Waals surface area contributed by atoms with Crippen LogP contribution in [0.4, 0.5) is 11.5 Å². The summed E-state index contributed by atoms with van der Waals surface area (Å²) in [6.07, 6.45) is 1.69. The predicted octanol–water partition coefficient (Wildman–Crippen LogP) is 1.07. The second-order valence-electron chi connectivity index (χ2n) is 3.87. The summed E-state index contributed by atoms with van der Waals surface area (Å²) in [7, 11) is 3.38. The topological polar surface area (TPSA) is 60.6 Å². The maximum atomic E-state index is 5.76. The number of nitrogen functional groups attached to an aromatic ring is 1. The standard InChI is InChI=1S/C12H21N3O2/c1-10-8-12(14-9-11(10)13)15(4-6-16-2)5-7-17-3/h8-9H,4-7,13H2,1-3H3. The van der Waals surface area contributed by atoms with Crippen molar-refractivity contribution in [2.45, 2.75) is 6.92 Å². The van der Waals surface area contributed by atoms with Gasteiger partial charge < -0.3 is 20.1 Å². The lowest BCUT2D eigenvalue weighted by atomic mass is 10.2. The third-order valence-corrected chi connectivity index (χ3v) is 2.59. The highest BCUT2D eigenvalue weighted by Crippen LogP contribution is 2.16. The average Bonchev–Trinajstić information content (AvgIpc) is 2.33. The van der Waals surface area contributed by atoms with Crippen LogP contribution < -0.4 is 10.6 Å². The zero-order chi connectivity index (χ0) is 12.7. The summed E-state index contributed by atoms with van der Waals surface area (Å²) in [4.78, 5) is 6.46. The highest BCUT2D eigenvalue weighted by atomic mass is 16.5. The van der Waals surface area contributed by atoms with E-state index in [0.29, 0.717) is 18.9 Å². The third kappa shape index (κ3) is 4.20. The van der Waals surface area contributed by atoms with Gasteiger partial charge in [0, 0.05) is 27.3 Å². The van der Waals surface area contributed by atoms with E-state index in [-0.39, 0.29) is 0 Å². The molecule has 0 unspecified atom stereocenters. The zero-order valence-electron chi connectivity index (χ0n) is 10.8. The first kappa shape index (κ1) is 13.7. The van der Waals surface area contributed by atoms with Crippen LogP contribution in [0.3, 0.4) is 0 Å². The largest absolute Gasteiger partial charge is 0.397 e. The van der Waals surface area contributed by atoms with Crippen molar-refractivity contribution >= 4 is 11.5 Å². The van der Waals surface area contributed by atoms with Crippen LogP contribution in [0, 0.1) is 6.92 Å². The van der Waals surface area contributed by atoms with Crippen LogP contribution in [-0.4, -0.2) is 45.5 Å². The lowest BCUT2D eigenvalue weighted by Gasteiger charge is -2.23. The van der Waals surface area contributed by atoms with E-state index < -0.39 is 0 Å². The molecule has 0 saturated carbocycles. The number of nitrogens with zero attached hydrogens (tertiary/aromatic N) is 2. The van der Waals surface area contributed by atoms with Gasteiger partial charge in [-0.05, 0) is 18.6 Å². The minimum atomic E-state index is 0.662. The van der Waals surface area contributed by atoms with Crippen molar-refractivity contribution in [1.29, 1.82) is 0 Å². The Bertz CT molecular complexity index is 337. The Kier molecular flexibility index (Phi) is 5.72. The molecule has 1 aromatic rings. The molecule has 0 atom stereocenters. The van der Waals surface area contributed by atoms with Crippen LogP contribution in [0.2, 0.25) is 0 Å². The molecule has 17 heavy (non-hydrogen) atoms. The smallest absolute Gasteiger partial charge is 0.129 e. The number of anilines is 2. The predicted molar refractivity (Wildman–Crippen MR) is 69.4 cm³/mol. The summed E-state index contributed by atoms with van der Waals surface area (Å²) in [6, 6.07) is 1.99. The summed E-state index contributed by atoms with van der Waals surface area (Å²) in [5, 5.41) is 0. The highest BCUT2D eigenvalue weighted by molar-refractivity contribution is 5.52. The minimum Gasteiger partial charge on any atom is -0.397 e. The molecule has 5 nitrogen and oxygen atoms in total. The molecule has 0 fully saturated rings. The van der Waals surface area contributed by atoms with Crippen LogP contribution >= 0.6 is 0 Å². The molecule has 0 aliphatic heterocycles. The molecule has 2 N–H and O–H groups in total. The van der Waals surface area contributed by atoms with E-state index in [2.05, 4.69) is 9.88 Å². The maximum absolute atomic E-state index is 5.76. The number of aromatic nitrogens is 1. The summed E-state index contributed by atoms with van der Waals surface area (Å²) in [5.41, 5.74) is 7.51. The Morgan fingerprint density at radius 3 is 2.29 bits per heavy atom. The quantitative estimate of drug-likeness (QED) is 0.771. The van der Waals surface area contributed by atoms with E-state index >= 15 is 0 Å². The molecule has 96 valence electrons. The molecule has 0 aliphatic rings. The van der Waals surface area contributed by atoms with E-state index in [1.54, 1.807) is 20.4 Å². The number of pyridine rings is 1. The molecule has 1 aromatic heterocycles. The van der Waals surface area contributed by atoms with Gasteiger partial charge in [0.25, 0.3) is 0 Å². The fourth-order valence-corrected chi connectivity index (χ4v) is 1.47. The molecule has 0 amide bonds. The van der Waals surface area contributed by atoms with E-state index in [4.69, 9.17) is 15.2 Å². The molecule has 1 rings (SSSR count). The van der Waals surface area contributed by atoms with Gasteiger partial charge in [0.15, 0.2) is 0 Å². The Morgan fingerprint density at radius 2 is 1.82 bits per heavy atom. The van der Waals surface area contributed by atoms with Gasteiger partial charge in [0.1, 0.15) is 5.82 Å². The second kappa shape index (κ2) is 7.09. The Labute approximate surface area is 103 Å². The van der Waals surface area contributed by atoms with E-state index in [9.17, 15) is 0 Å². The monoisotopic (exact) mass is 239 g/mol. The van der Waals surface area contributed by atoms with Gasteiger partial charge >= 0.3 is 0 Å². The molecule has 5 heteroatoms. The van der Waals surface area contributed by atoms with Crippen molar-refractivity contribution in [2.24, 2.45) is 0 Å². The molecule has 0 spiro atoms. The van der Waals surface area contributed by atoms with Gasteiger partial charge in [-0.3, -0.25) is 0 Å². The molecule has 0 bridgehead atoms. The number of hydrogen-bond donors (Lipinski definition) is 1. The van der Waals surface area contributed by atoms with Crippen molar-refractivity contribution in [3.05, 3.63) is 17.8 Å². The summed E-state index contributed by atoms with van der Waals surface area (Å²) >= 11 is 0. The summed E-state index contributed by atoms with van der Waals surface area (Å²) < 4.78 is 10.2. The number of nitrogens with two attached hydrogens (primary N) is 1. The zero-order valence-corrected chi connectivity index (χ0v) is 10.8. The first-order valence-corrected chi connectivity index (χ1v) is 5.64. The van der Waals surface area contributed by atoms with E-state index in [0.717, 1.165) is 24.5 Å². The molecular weight excluding hydrogens is 218 g/mol. The fraction of sp³-hybridized carbons (Fsp3) is 0.583.